The van der Waals surface area contributed by atoms with E-state index < -0.39 is 5.41 Å². The fourth-order valence-electron chi connectivity index (χ4n) is 1.47. The van der Waals surface area contributed by atoms with Crippen molar-refractivity contribution in [1.29, 1.82) is 0 Å². The summed E-state index contributed by atoms with van der Waals surface area (Å²) in [6, 6.07) is 9.47. The third-order valence-electron chi connectivity index (χ3n) is 2.55. The predicted octanol–water partition coefficient (Wildman–Crippen LogP) is 2.86. The van der Waals surface area contributed by atoms with E-state index in [0.717, 1.165) is 11.4 Å². The molecule has 0 saturated heterocycles. The van der Waals surface area contributed by atoms with E-state index in [1.165, 1.54) is 0 Å². The van der Waals surface area contributed by atoms with Crippen LogP contribution in [0.3, 0.4) is 0 Å². The Morgan fingerprint density at radius 3 is 2.67 bits per heavy atom. The Labute approximate surface area is 107 Å². The summed E-state index contributed by atoms with van der Waals surface area (Å²) in [7, 11) is 0. The summed E-state index contributed by atoms with van der Waals surface area (Å²) >= 11 is 0. The van der Waals surface area contributed by atoms with Gasteiger partial charge in [-0.1, -0.05) is 26.8 Å². The standard InChI is InChI=1S/C14H17N3O/c1-14(2,3)13(18)16-11-6-4-7-12(10-11)17-9-5-8-15-17/h4-10H,1-3H3,(H,16,18). The van der Waals surface area contributed by atoms with Crippen LogP contribution < -0.4 is 5.32 Å². The van der Waals surface area contributed by atoms with Gasteiger partial charge in [-0.05, 0) is 24.3 Å². The molecule has 0 atom stereocenters. The molecule has 2 aromatic rings. The first-order valence-corrected chi connectivity index (χ1v) is 5.88. The number of nitrogens with one attached hydrogen (secondary N) is 1. The quantitative estimate of drug-likeness (QED) is 0.881. The largest absolute Gasteiger partial charge is 0.326 e. The molecule has 0 radical (unpaired) electrons. The molecule has 1 aromatic carbocycles. The van der Waals surface area contributed by atoms with Crippen LogP contribution in [0.1, 0.15) is 20.8 Å². The molecule has 0 bridgehead atoms. The summed E-state index contributed by atoms with van der Waals surface area (Å²) in [6.45, 7) is 5.67. The van der Waals surface area contributed by atoms with Crippen LogP contribution in [-0.4, -0.2) is 15.7 Å². The zero-order valence-corrected chi connectivity index (χ0v) is 10.8. The smallest absolute Gasteiger partial charge is 0.229 e. The Bertz CT molecular complexity index is 538. The minimum atomic E-state index is -0.401. The molecule has 94 valence electrons. The van der Waals surface area contributed by atoms with Crippen molar-refractivity contribution in [2.45, 2.75) is 20.8 Å². The van der Waals surface area contributed by atoms with Gasteiger partial charge in [0.25, 0.3) is 0 Å². The lowest BCUT2D eigenvalue weighted by Gasteiger charge is -2.18. The summed E-state index contributed by atoms with van der Waals surface area (Å²) in [5.41, 5.74) is 1.30. The SMILES string of the molecule is CC(C)(C)C(=O)Nc1cccc(-n2cccn2)c1. The zero-order chi connectivity index (χ0) is 13.2. The van der Waals surface area contributed by atoms with Gasteiger partial charge < -0.3 is 5.32 Å². The first-order valence-electron chi connectivity index (χ1n) is 5.88. The lowest BCUT2D eigenvalue weighted by Crippen LogP contribution is -2.27. The molecule has 1 amide bonds. The molecule has 4 nitrogen and oxygen atoms in total. The van der Waals surface area contributed by atoms with Crippen molar-refractivity contribution in [3.05, 3.63) is 42.7 Å². The van der Waals surface area contributed by atoms with Gasteiger partial charge in [0.05, 0.1) is 5.69 Å². The molecule has 1 heterocycles. The number of benzene rings is 1. The van der Waals surface area contributed by atoms with Crippen molar-refractivity contribution in [2.75, 3.05) is 5.32 Å². The number of amides is 1. The van der Waals surface area contributed by atoms with Crippen LogP contribution in [0.25, 0.3) is 5.69 Å². The van der Waals surface area contributed by atoms with E-state index >= 15 is 0 Å². The fraction of sp³-hybridized carbons (Fsp3) is 0.286. The second-order valence-corrected chi connectivity index (χ2v) is 5.21. The molecule has 0 aliphatic heterocycles. The summed E-state index contributed by atoms with van der Waals surface area (Å²) < 4.78 is 1.76. The minimum absolute atomic E-state index is 0.000107. The highest BCUT2D eigenvalue weighted by atomic mass is 16.2. The Morgan fingerprint density at radius 2 is 2.06 bits per heavy atom. The summed E-state index contributed by atoms with van der Waals surface area (Å²) in [5.74, 6) is 0.000107. The van der Waals surface area contributed by atoms with Gasteiger partial charge in [0.2, 0.25) is 5.91 Å². The molecule has 0 fully saturated rings. The number of rotatable bonds is 2. The van der Waals surface area contributed by atoms with E-state index in [1.807, 2.05) is 57.3 Å². The lowest BCUT2D eigenvalue weighted by molar-refractivity contribution is -0.123. The maximum absolute atomic E-state index is 11.9. The average Bonchev–Trinajstić information content (AvgIpc) is 2.81. The van der Waals surface area contributed by atoms with E-state index in [9.17, 15) is 4.79 Å². The van der Waals surface area contributed by atoms with Gasteiger partial charge in [0.15, 0.2) is 0 Å². The molecule has 0 unspecified atom stereocenters. The third-order valence-corrected chi connectivity index (χ3v) is 2.55. The molecule has 18 heavy (non-hydrogen) atoms. The van der Waals surface area contributed by atoms with Crippen LogP contribution in [0.2, 0.25) is 0 Å². The first kappa shape index (κ1) is 12.4. The van der Waals surface area contributed by atoms with Crippen LogP contribution in [0, 0.1) is 5.41 Å². The van der Waals surface area contributed by atoms with Crippen molar-refractivity contribution in [2.24, 2.45) is 5.41 Å². The average molecular weight is 243 g/mol. The maximum atomic E-state index is 11.9. The molecule has 2 rings (SSSR count). The first-order chi connectivity index (χ1) is 8.47. The summed E-state index contributed by atoms with van der Waals surface area (Å²) in [6.07, 6.45) is 3.59. The predicted molar refractivity (Wildman–Crippen MR) is 71.6 cm³/mol. The number of nitrogens with zero attached hydrogens (tertiary/aromatic N) is 2. The highest BCUT2D eigenvalue weighted by molar-refractivity contribution is 5.94. The van der Waals surface area contributed by atoms with Crippen LogP contribution in [0.4, 0.5) is 5.69 Å². The van der Waals surface area contributed by atoms with Crippen LogP contribution in [0.15, 0.2) is 42.7 Å². The van der Waals surface area contributed by atoms with E-state index in [1.54, 1.807) is 10.9 Å². The number of aromatic nitrogens is 2. The zero-order valence-electron chi connectivity index (χ0n) is 10.8. The van der Waals surface area contributed by atoms with Gasteiger partial charge in [-0.3, -0.25) is 4.79 Å². The molecule has 1 aromatic heterocycles. The molecule has 0 aliphatic carbocycles. The van der Waals surface area contributed by atoms with Crippen molar-refractivity contribution in [1.82, 2.24) is 9.78 Å². The maximum Gasteiger partial charge on any atom is 0.229 e. The number of carbonyl (C=O) groups excluding carboxylic acids is 1. The van der Waals surface area contributed by atoms with Gasteiger partial charge in [-0.2, -0.15) is 5.10 Å². The number of carbonyl (C=O) groups is 1. The minimum Gasteiger partial charge on any atom is -0.326 e. The second kappa shape index (κ2) is 4.64. The van der Waals surface area contributed by atoms with Gasteiger partial charge in [0.1, 0.15) is 0 Å². The normalized spacial score (nSPS) is 11.3. The molecule has 1 N–H and O–H groups in total. The van der Waals surface area contributed by atoms with Gasteiger partial charge in [0, 0.05) is 23.5 Å². The van der Waals surface area contributed by atoms with Crippen molar-refractivity contribution in [3.8, 4) is 5.69 Å². The van der Waals surface area contributed by atoms with E-state index in [0.29, 0.717) is 0 Å². The Hall–Kier alpha value is -2.10. The molecule has 0 saturated carbocycles. The van der Waals surface area contributed by atoms with Gasteiger partial charge in [-0.15, -0.1) is 0 Å². The monoisotopic (exact) mass is 243 g/mol. The number of hydrogen-bond acceptors (Lipinski definition) is 2. The topological polar surface area (TPSA) is 46.9 Å². The summed E-state index contributed by atoms with van der Waals surface area (Å²) in [4.78, 5) is 11.9. The fourth-order valence-corrected chi connectivity index (χ4v) is 1.47. The van der Waals surface area contributed by atoms with Gasteiger partial charge in [-0.25, -0.2) is 4.68 Å². The molecule has 4 heteroatoms. The van der Waals surface area contributed by atoms with Crippen molar-refractivity contribution >= 4 is 11.6 Å². The third kappa shape index (κ3) is 2.77. The highest BCUT2D eigenvalue weighted by Crippen LogP contribution is 2.19. The Balaban J connectivity index is 2.21. The molecule has 0 spiro atoms. The van der Waals surface area contributed by atoms with E-state index in [4.69, 9.17) is 0 Å². The van der Waals surface area contributed by atoms with Crippen molar-refractivity contribution < 1.29 is 4.79 Å². The number of anilines is 1. The van der Waals surface area contributed by atoms with Crippen LogP contribution in [0.5, 0.6) is 0 Å². The number of hydrogen-bond donors (Lipinski definition) is 1. The second-order valence-electron chi connectivity index (χ2n) is 5.21. The van der Waals surface area contributed by atoms with Crippen LogP contribution >= 0.6 is 0 Å². The Morgan fingerprint density at radius 1 is 1.28 bits per heavy atom. The van der Waals surface area contributed by atoms with E-state index in [2.05, 4.69) is 10.4 Å². The van der Waals surface area contributed by atoms with Gasteiger partial charge >= 0.3 is 0 Å². The molecule has 0 aliphatic rings. The summed E-state index contributed by atoms with van der Waals surface area (Å²) in [5, 5.41) is 7.06. The van der Waals surface area contributed by atoms with Crippen molar-refractivity contribution in [3.63, 3.8) is 0 Å². The molecular formula is C14H17N3O. The highest BCUT2D eigenvalue weighted by Gasteiger charge is 2.21. The van der Waals surface area contributed by atoms with Crippen LogP contribution in [-0.2, 0) is 4.79 Å². The Kier molecular flexibility index (Phi) is 3.19. The van der Waals surface area contributed by atoms with E-state index in [-0.39, 0.29) is 5.91 Å². The molecular weight excluding hydrogens is 226 g/mol. The lowest BCUT2D eigenvalue weighted by atomic mass is 9.95.